The van der Waals surface area contributed by atoms with Crippen molar-refractivity contribution in [3.8, 4) is 0 Å². The van der Waals surface area contributed by atoms with E-state index in [4.69, 9.17) is 5.73 Å². The van der Waals surface area contributed by atoms with Crippen molar-refractivity contribution in [2.45, 2.75) is 38.6 Å². The third kappa shape index (κ3) is 2.37. The number of hydrogen-bond donors (Lipinski definition) is 1. The van der Waals surface area contributed by atoms with Gasteiger partial charge in [-0.05, 0) is 19.8 Å². The lowest BCUT2D eigenvalue weighted by Crippen LogP contribution is -2.33. The number of nitrogens with two attached hydrogens (primary N) is 1. The number of rotatable bonds is 1. The van der Waals surface area contributed by atoms with Gasteiger partial charge in [-0.2, -0.15) is 0 Å². The van der Waals surface area contributed by atoms with Crippen LogP contribution in [0.15, 0.2) is 12.4 Å². The Bertz CT molecular complexity index is 326. The van der Waals surface area contributed by atoms with E-state index < -0.39 is 0 Å². The first-order chi connectivity index (χ1) is 7.27. The van der Waals surface area contributed by atoms with E-state index in [2.05, 4.69) is 21.8 Å². The summed E-state index contributed by atoms with van der Waals surface area (Å²) in [6.07, 6.45) is 6.67. The normalized spacial score (nSPS) is 22.5. The first-order valence-electron chi connectivity index (χ1n) is 5.61. The van der Waals surface area contributed by atoms with Gasteiger partial charge in [0.05, 0.1) is 0 Å². The highest BCUT2D eigenvalue weighted by Crippen LogP contribution is 2.22. The fourth-order valence-corrected chi connectivity index (χ4v) is 2.13. The Morgan fingerprint density at radius 3 is 3.00 bits per heavy atom. The fraction of sp³-hybridized carbons (Fsp3) is 0.636. The Morgan fingerprint density at radius 1 is 1.33 bits per heavy atom. The maximum absolute atomic E-state index is 5.67. The van der Waals surface area contributed by atoms with Crippen LogP contribution >= 0.6 is 0 Å². The van der Waals surface area contributed by atoms with Crippen LogP contribution < -0.4 is 10.6 Å². The summed E-state index contributed by atoms with van der Waals surface area (Å²) in [5, 5.41) is 0. The van der Waals surface area contributed by atoms with Gasteiger partial charge in [0.15, 0.2) is 0 Å². The highest BCUT2D eigenvalue weighted by molar-refractivity contribution is 5.46. The summed E-state index contributed by atoms with van der Waals surface area (Å²) in [4.78, 5) is 10.6. The van der Waals surface area contributed by atoms with Crippen molar-refractivity contribution < 1.29 is 0 Å². The Balaban J connectivity index is 2.20. The van der Waals surface area contributed by atoms with Crippen molar-refractivity contribution in [2.24, 2.45) is 0 Å². The van der Waals surface area contributed by atoms with Crippen molar-refractivity contribution in [2.75, 3.05) is 17.2 Å². The first kappa shape index (κ1) is 10.2. The SMILES string of the molecule is CC1CCCCCN1c1cc(N)ncn1. The molecule has 2 heterocycles. The third-order valence-corrected chi connectivity index (χ3v) is 3.02. The molecule has 0 aromatic carbocycles. The number of nitrogen functional groups attached to an aromatic ring is 1. The van der Waals surface area contributed by atoms with E-state index >= 15 is 0 Å². The molecular formula is C11H18N4. The zero-order valence-corrected chi connectivity index (χ0v) is 9.19. The average Bonchev–Trinajstić information content (AvgIpc) is 2.43. The molecule has 4 nitrogen and oxygen atoms in total. The van der Waals surface area contributed by atoms with Gasteiger partial charge in [-0.25, -0.2) is 9.97 Å². The number of aromatic nitrogens is 2. The molecule has 1 aromatic rings. The standard InChI is InChI=1S/C11H18N4/c1-9-5-3-2-4-6-15(9)11-7-10(12)13-8-14-11/h7-9H,2-6H2,1H3,(H2,12,13,14). The van der Waals surface area contributed by atoms with E-state index in [-0.39, 0.29) is 0 Å². The lowest BCUT2D eigenvalue weighted by molar-refractivity contribution is 0.611. The van der Waals surface area contributed by atoms with Crippen LogP contribution in [0.4, 0.5) is 11.6 Å². The summed E-state index contributed by atoms with van der Waals surface area (Å²) < 4.78 is 0. The molecule has 1 atom stereocenters. The van der Waals surface area contributed by atoms with E-state index in [1.807, 2.05) is 6.07 Å². The monoisotopic (exact) mass is 206 g/mol. The summed E-state index contributed by atoms with van der Waals surface area (Å²) in [6, 6.07) is 2.42. The van der Waals surface area contributed by atoms with Gasteiger partial charge in [0.25, 0.3) is 0 Å². The minimum Gasteiger partial charge on any atom is -0.384 e. The van der Waals surface area contributed by atoms with Crippen molar-refractivity contribution in [1.82, 2.24) is 9.97 Å². The molecule has 1 saturated heterocycles. The van der Waals surface area contributed by atoms with Gasteiger partial charge >= 0.3 is 0 Å². The second-order valence-electron chi connectivity index (χ2n) is 4.19. The molecule has 1 unspecified atom stereocenters. The largest absolute Gasteiger partial charge is 0.384 e. The van der Waals surface area contributed by atoms with E-state index in [1.165, 1.54) is 25.7 Å². The smallest absolute Gasteiger partial charge is 0.134 e. The summed E-state index contributed by atoms with van der Waals surface area (Å²) >= 11 is 0. The molecule has 0 aliphatic carbocycles. The van der Waals surface area contributed by atoms with E-state index in [0.29, 0.717) is 11.9 Å². The zero-order chi connectivity index (χ0) is 10.7. The van der Waals surface area contributed by atoms with Crippen molar-refractivity contribution >= 4 is 11.6 Å². The summed E-state index contributed by atoms with van der Waals surface area (Å²) in [5.74, 6) is 1.52. The second-order valence-corrected chi connectivity index (χ2v) is 4.19. The van der Waals surface area contributed by atoms with Crippen LogP contribution in [0.3, 0.4) is 0 Å². The second kappa shape index (κ2) is 4.47. The van der Waals surface area contributed by atoms with Gasteiger partial charge < -0.3 is 10.6 Å². The first-order valence-corrected chi connectivity index (χ1v) is 5.61. The number of hydrogen-bond acceptors (Lipinski definition) is 4. The quantitative estimate of drug-likeness (QED) is 0.761. The van der Waals surface area contributed by atoms with Crippen molar-refractivity contribution in [3.05, 3.63) is 12.4 Å². The molecule has 2 rings (SSSR count). The average molecular weight is 206 g/mol. The molecule has 0 radical (unpaired) electrons. The van der Waals surface area contributed by atoms with Crippen LogP contribution in [0.1, 0.15) is 32.6 Å². The van der Waals surface area contributed by atoms with Crippen molar-refractivity contribution in [1.29, 1.82) is 0 Å². The number of anilines is 2. The van der Waals surface area contributed by atoms with Crippen LogP contribution in [0.25, 0.3) is 0 Å². The Morgan fingerprint density at radius 2 is 2.20 bits per heavy atom. The molecule has 2 N–H and O–H groups in total. The van der Waals surface area contributed by atoms with E-state index in [0.717, 1.165) is 12.4 Å². The summed E-state index contributed by atoms with van der Waals surface area (Å²) in [5.41, 5.74) is 5.67. The molecular weight excluding hydrogens is 188 g/mol. The minimum atomic E-state index is 0.552. The van der Waals surface area contributed by atoms with Crippen LogP contribution in [-0.2, 0) is 0 Å². The van der Waals surface area contributed by atoms with Crippen LogP contribution in [0.5, 0.6) is 0 Å². The Kier molecular flexibility index (Phi) is 3.04. The lowest BCUT2D eigenvalue weighted by atomic mass is 10.1. The summed E-state index contributed by atoms with van der Waals surface area (Å²) in [6.45, 7) is 3.33. The molecule has 0 amide bonds. The van der Waals surface area contributed by atoms with E-state index in [1.54, 1.807) is 6.33 Å². The molecule has 1 aromatic heterocycles. The molecule has 1 aliphatic rings. The van der Waals surface area contributed by atoms with Gasteiger partial charge in [0.1, 0.15) is 18.0 Å². The van der Waals surface area contributed by atoms with Crippen LogP contribution in [0, 0.1) is 0 Å². The molecule has 82 valence electrons. The predicted octanol–water partition coefficient (Wildman–Crippen LogP) is 1.83. The van der Waals surface area contributed by atoms with Crippen LogP contribution in [-0.4, -0.2) is 22.6 Å². The molecule has 1 aliphatic heterocycles. The molecule has 0 spiro atoms. The fourth-order valence-electron chi connectivity index (χ4n) is 2.13. The third-order valence-electron chi connectivity index (χ3n) is 3.02. The maximum atomic E-state index is 5.67. The molecule has 4 heteroatoms. The van der Waals surface area contributed by atoms with Crippen molar-refractivity contribution in [3.63, 3.8) is 0 Å². The highest BCUT2D eigenvalue weighted by atomic mass is 15.2. The van der Waals surface area contributed by atoms with Gasteiger partial charge in [-0.1, -0.05) is 12.8 Å². The maximum Gasteiger partial charge on any atom is 0.134 e. The van der Waals surface area contributed by atoms with Gasteiger partial charge in [0.2, 0.25) is 0 Å². The van der Waals surface area contributed by atoms with E-state index in [9.17, 15) is 0 Å². The Hall–Kier alpha value is -1.32. The van der Waals surface area contributed by atoms with Gasteiger partial charge in [0, 0.05) is 18.7 Å². The van der Waals surface area contributed by atoms with Gasteiger partial charge in [-0.15, -0.1) is 0 Å². The zero-order valence-electron chi connectivity index (χ0n) is 9.19. The number of nitrogens with zero attached hydrogens (tertiary/aromatic N) is 3. The highest BCUT2D eigenvalue weighted by Gasteiger charge is 2.18. The topological polar surface area (TPSA) is 55.0 Å². The minimum absolute atomic E-state index is 0.552. The van der Waals surface area contributed by atoms with Gasteiger partial charge in [-0.3, -0.25) is 0 Å². The molecule has 0 saturated carbocycles. The Labute approximate surface area is 90.5 Å². The van der Waals surface area contributed by atoms with Crippen LogP contribution in [0.2, 0.25) is 0 Å². The predicted molar refractivity (Wildman–Crippen MR) is 61.7 cm³/mol. The molecule has 0 bridgehead atoms. The molecule has 15 heavy (non-hydrogen) atoms. The summed E-state index contributed by atoms with van der Waals surface area (Å²) in [7, 11) is 0. The lowest BCUT2D eigenvalue weighted by Gasteiger charge is -2.28. The molecule has 1 fully saturated rings.